The minimum absolute atomic E-state index is 0.254. The summed E-state index contributed by atoms with van der Waals surface area (Å²) in [5, 5.41) is 7.03. The molecule has 33 heavy (non-hydrogen) atoms. The Bertz CT molecular complexity index is 1330. The zero-order valence-corrected chi connectivity index (χ0v) is 19.2. The molecule has 1 N–H and O–H groups in total. The second kappa shape index (κ2) is 10.4. The Kier molecular flexibility index (Phi) is 7.13. The number of fused-ring (bicyclic) bond motifs is 1. The van der Waals surface area contributed by atoms with Crippen LogP contribution in [0.5, 0.6) is 11.5 Å². The van der Waals surface area contributed by atoms with Gasteiger partial charge < -0.3 is 9.47 Å². The van der Waals surface area contributed by atoms with Crippen LogP contribution in [-0.4, -0.2) is 19.2 Å². The SMILES string of the molecule is COc1cc(/C=N\NC(=O)c2ccc(Cl)cc2Cl)ccc1OCc1cccc2ccccc12. The molecule has 7 heteroatoms. The van der Waals surface area contributed by atoms with E-state index in [1.54, 1.807) is 25.3 Å². The Hall–Kier alpha value is -3.54. The van der Waals surface area contributed by atoms with Crippen molar-refractivity contribution in [1.29, 1.82) is 0 Å². The van der Waals surface area contributed by atoms with Crippen LogP contribution < -0.4 is 14.9 Å². The number of hydrogen-bond donors (Lipinski definition) is 1. The third kappa shape index (κ3) is 5.45. The predicted octanol–water partition coefficient (Wildman–Crippen LogP) is 6.50. The standard InChI is InChI=1S/C26H20Cl2N2O3/c1-32-25-13-17(15-29-30-26(31)22-11-10-20(27)14-23(22)28)9-12-24(25)33-16-19-7-4-6-18-5-2-3-8-21(18)19/h2-15H,16H2,1H3,(H,30,31)/b29-15-. The number of methoxy groups -OCH3 is 1. The summed E-state index contributed by atoms with van der Waals surface area (Å²) in [4.78, 5) is 12.3. The molecule has 4 aromatic carbocycles. The number of benzene rings is 4. The number of nitrogens with zero attached hydrogens (tertiary/aromatic N) is 1. The molecule has 0 heterocycles. The molecule has 5 nitrogen and oxygen atoms in total. The monoisotopic (exact) mass is 478 g/mol. The van der Waals surface area contributed by atoms with Crippen molar-refractivity contribution in [2.24, 2.45) is 5.10 Å². The molecule has 0 atom stereocenters. The highest BCUT2D eigenvalue weighted by Gasteiger charge is 2.10. The van der Waals surface area contributed by atoms with Crippen molar-refractivity contribution in [3.8, 4) is 11.5 Å². The van der Waals surface area contributed by atoms with Gasteiger partial charge in [0.15, 0.2) is 11.5 Å². The Morgan fingerprint density at radius 3 is 2.61 bits per heavy atom. The van der Waals surface area contributed by atoms with Crippen molar-refractivity contribution < 1.29 is 14.3 Å². The van der Waals surface area contributed by atoms with Crippen LogP contribution in [-0.2, 0) is 6.61 Å². The van der Waals surface area contributed by atoms with Gasteiger partial charge in [0.25, 0.3) is 5.91 Å². The number of nitrogens with one attached hydrogen (secondary N) is 1. The van der Waals surface area contributed by atoms with E-state index >= 15 is 0 Å². The molecule has 166 valence electrons. The van der Waals surface area contributed by atoms with Crippen LogP contribution >= 0.6 is 23.2 Å². The topological polar surface area (TPSA) is 59.9 Å². The number of rotatable bonds is 7. The van der Waals surface area contributed by atoms with Crippen LogP contribution in [0, 0.1) is 0 Å². The Morgan fingerprint density at radius 1 is 0.970 bits per heavy atom. The lowest BCUT2D eigenvalue weighted by molar-refractivity contribution is 0.0955. The first kappa shape index (κ1) is 22.6. The van der Waals surface area contributed by atoms with Crippen LogP contribution in [0.3, 0.4) is 0 Å². The first-order valence-electron chi connectivity index (χ1n) is 10.1. The predicted molar refractivity (Wildman–Crippen MR) is 133 cm³/mol. The Labute approximate surface area is 201 Å². The normalized spacial score (nSPS) is 11.0. The summed E-state index contributed by atoms with van der Waals surface area (Å²) < 4.78 is 11.5. The van der Waals surface area contributed by atoms with Gasteiger partial charge in [-0.2, -0.15) is 5.10 Å². The molecule has 0 aliphatic rings. The minimum atomic E-state index is -0.435. The molecule has 0 aromatic heterocycles. The number of hydrazone groups is 1. The Balaban J connectivity index is 1.43. The molecule has 0 aliphatic heterocycles. The van der Waals surface area contributed by atoms with Gasteiger partial charge >= 0.3 is 0 Å². The van der Waals surface area contributed by atoms with Gasteiger partial charge in [-0.05, 0) is 58.3 Å². The van der Waals surface area contributed by atoms with Crippen molar-refractivity contribution >= 4 is 46.1 Å². The van der Waals surface area contributed by atoms with E-state index in [2.05, 4.69) is 28.7 Å². The lowest BCUT2D eigenvalue weighted by Gasteiger charge is -2.12. The van der Waals surface area contributed by atoms with Gasteiger partial charge in [0.05, 0.1) is 23.9 Å². The first-order chi connectivity index (χ1) is 16.0. The second-order valence-corrected chi connectivity index (χ2v) is 8.00. The molecule has 0 aliphatic carbocycles. The van der Waals surface area contributed by atoms with E-state index in [0.29, 0.717) is 23.1 Å². The zero-order chi connectivity index (χ0) is 23.2. The average Bonchev–Trinajstić information content (AvgIpc) is 2.83. The van der Waals surface area contributed by atoms with Gasteiger partial charge in [0.1, 0.15) is 6.61 Å². The largest absolute Gasteiger partial charge is 0.493 e. The van der Waals surface area contributed by atoms with Crippen molar-refractivity contribution in [2.75, 3.05) is 7.11 Å². The minimum Gasteiger partial charge on any atom is -0.493 e. The molecule has 4 rings (SSSR count). The Morgan fingerprint density at radius 2 is 1.79 bits per heavy atom. The van der Waals surface area contributed by atoms with Crippen molar-refractivity contribution in [1.82, 2.24) is 5.43 Å². The van der Waals surface area contributed by atoms with Crippen molar-refractivity contribution in [2.45, 2.75) is 6.61 Å². The highest BCUT2D eigenvalue weighted by atomic mass is 35.5. The summed E-state index contributed by atoms with van der Waals surface area (Å²) in [6.07, 6.45) is 1.51. The molecule has 0 spiro atoms. The molecule has 1 amide bonds. The van der Waals surface area contributed by atoms with Gasteiger partial charge in [-0.15, -0.1) is 0 Å². The fourth-order valence-electron chi connectivity index (χ4n) is 3.36. The quantitative estimate of drug-likeness (QED) is 0.243. The number of halogens is 2. The molecule has 4 aromatic rings. The summed E-state index contributed by atoms with van der Waals surface area (Å²) in [7, 11) is 1.57. The molecule has 0 fully saturated rings. The summed E-state index contributed by atoms with van der Waals surface area (Å²) in [6.45, 7) is 0.406. The van der Waals surface area contributed by atoms with Crippen LogP contribution in [0.2, 0.25) is 10.0 Å². The van der Waals surface area contributed by atoms with Gasteiger partial charge in [-0.25, -0.2) is 5.43 Å². The van der Waals surface area contributed by atoms with Crippen LogP contribution in [0.15, 0.2) is 84.0 Å². The van der Waals surface area contributed by atoms with E-state index in [9.17, 15) is 4.79 Å². The van der Waals surface area contributed by atoms with Gasteiger partial charge in [-0.3, -0.25) is 4.79 Å². The van der Waals surface area contributed by atoms with Crippen LogP contribution in [0.1, 0.15) is 21.5 Å². The summed E-state index contributed by atoms with van der Waals surface area (Å²) in [5.41, 5.74) is 4.56. The van der Waals surface area contributed by atoms with E-state index in [4.69, 9.17) is 32.7 Å². The maximum Gasteiger partial charge on any atom is 0.272 e. The van der Waals surface area contributed by atoms with Gasteiger partial charge in [0.2, 0.25) is 0 Å². The van der Waals surface area contributed by atoms with Gasteiger partial charge in [-0.1, -0.05) is 65.7 Å². The van der Waals surface area contributed by atoms with E-state index in [1.165, 1.54) is 17.7 Å². The lowest BCUT2D eigenvalue weighted by Crippen LogP contribution is -2.18. The average molecular weight is 479 g/mol. The summed E-state index contributed by atoms with van der Waals surface area (Å²) in [5.74, 6) is 0.737. The number of hydrogen-bond acceptors (Lipinski definition) is 4. The van der Waals surface area contributed by atoms with Crippen molar-refractivity contribution in [3.05, 3.63) is 106 Å². The molecule has 0 unspecified atom stereocenters. The smallest absolute Gasteiger partial charge is 0.272 e. The molecule has 0 radical (unpaired) electrons. The third-order valence-electron chi connectivity index (χ3n) is 5.01. The second-order valence-electron chi connectivity index (χ2n) is 7.16. The number of ether oxygens (including phenoxy) is 2. The van der Waals surface area contributed by atoms with E-state index in [1.807, 2.05) is 36.4 Å². The summed E-state index contributed by atoms with van der Waals surface area (Å²) >= 11 is 11.9. The van der Waals surface area contributed by atoms with E-state index < -0.39 is 5.91 Å². The number of carbonyl (C=O) groups is 1. The molecular formula is C26H20Cl2N2O3. The molecule has 0 bridgehead atoms. The molecular weight excluding hydrogens is 459 g/mol. The molecule has 0 saturated heterocycles. The lowest BCUT2D eigenvalue weighted by atomic mass is 10.1. The zero-order valence-electron chi connectivity index (χ0n) is 17.7. The number of amides is 1. The van der Waals surface area contributed by atoms with Crippen LogP contribution in [0.4, 0.5) is 0 Å². The van der Waals surface area contributed by atoms with E-state index in [-0.39, 0.29) is 10.6 Å². The fraction of sp³-hybridized carbons (Fsp3) is 0.0769. The van der Waals surface area contributed by atoms with Gasteiger partial charge in [0, 0.05) is 5.02 Å². The van der Waals surface area contributed by atoms with E-state index in [0.717, 1.165) is 16.5 Å². The number of carbonyl (C=O) groups excluding carboxylic acids is 1. The third-order valence-corrected chi connectivity index (χ3v) is 5.55. The summed E-state index contributed by atoms with van der Waals surface area (Å²) in [6, 6.07) is 24.4. The maximum atomic E-state index is 12.3. The maximum absolute atomic E-state index is 12.3. The fourth-order valence-corrected chi connectivity index (χ4v) is 3.85. The first-order valence-corrected chi connectivity index (χ1v) is 10.9. The molecule has 0 saturated carbocycles. The highest BCUT2D eigenvalue weighted by molar-refractivity contribution is 6.36. The van der Waals surface area contributed by atoms with Crippen molar-refractivity contribution in [3.63, 3.8) is 0 Å². The highest BCUT2D eigenvalue weighted by Crippen LogP contribution is 2.29. The van der Waals surface area contributed by atoms with Crippen LogP contribution in [0.25, 0.3) is 10.8 Å².